The molecule has 12 unspecified atom stereocenters. The molecule has 10 aliphatic rings. The molecule has 49 heavy (non-hydrogen) atoms. The topological polar surface area (TPSA) is 93.5 Å². The van der Waals surface area contributed by atoms with Crippen LogP contribution in [0.15, 0.2) is 54.3 Å². The van der Waals surface area contributed by atoms with E-state index in [2.05, 4.69) is 60.9 Å². The number of fused-ring (bicyclic) bond motifs is 1. The second-order valence-corrected chi connectivity index (χ2v) is 19.0. The number of hydrogen-bond donors (Lipinski definition) is 4. The Morgan fingerprint density at radius 2 is 1.78 bits per heavy atom. The molecule has 2 aromatic carbocycles. The van der Waals surface area contributed by atoms with Crippen molar-refractivity contribution in [1.29, 1.82) is 0 Å². The van der Waals surface area contributed by atoms with E-state index in [0.29, 0.717) is 52.8 Å². The predicted molar refractivity (Wildman–Crippen MR) is 195 cm³/mol. The lowest BCUT2D eigenvalue weighted by Crippen LogP contribution is -2.83. The summed E-state index contributed by atoms with van der Waals surface area (Å²) in [7, 11) is 0. The highest BCUT2D eigenvalue weighted by Crippen LogP contribution is 2.78. The van der Waals surface area contributed by atoms with Gasteiger partial charge in [0.15, 0.2) is 0 Å². The average molecular weight is 660 g/mol. The third-order valence-electron chi connectivity index (χ3n) is 17.2. The summed E-state index contributed by atoms with van der Waals surface area (Å²) in [6.07, 6.45) is 24.3. The molecule has 12 atom stereocenters. The predicted octanol–water partition coefficient (Wildman–Crippen LogP) is 7.88. The van der Waals surface area contributed by atoms with E-state index in [1.54, 1.807) is 22.1 Å². The van der Waals surface area contributed by atoms with Crippen molar-refractivity contribution >= 4 is 10.8 Å². The number of aliphatic hydroxyl groups excluding tert-OH is 1. The van der Waals surface area contributed by atoms with E-state index in [1.807, 2.05) is 0 Å². The van der Waals surface area contributed by atoms with Gasteiger partial charge in [-0.1, -0.05) is 68.5 Å². The smallest absolute Gasteiger partial charge is 0.0934 e. The summed E-state index contributed by atoms with van der Waals surface area (Å²) in [6, 6.07) is 12.2. The van der Waals surface area contributed by atoms with Crippen LogP contribution in [0.25, 0.3) is 10.8 Å². The van der Waals surface area contributed by atoms with Crippen LogP contribution in [0.4, 0.5) is 0 Å². The van der Waals surface area contributed by atoms with Gasteiger partial charge in [0.05, 0.1) is 17.4 Å². The lowest BCUT2D eigenvalue weighted by Gasteiger charge is -2.78. The van der Waals surface area contributed by atoms with Crippen molar-refractivity contribution < 1.29 is 9.84 Å². The summed E-state index contributed by atoms with van der Waals surface area (Å²) in [4.78, 5) is 0. The first-order valence-electron chi connectivity index (χ1n) is 20.4. The molecular formula is C44H57N3O2. The number of aliphatic hydroxyl groups is 1. The van der Waals surface area contributed by atoms with Gasteiger partial charge in [0, 0.05) is 42.0 Å². The van der Waals surface area contributed by atoms with Crippen LogP contribution in [0.2, 0.25) is 0 Å². The lowest BCUT2D eigenvalue weighted by atomic mass is 9.34. The van der Waals surface area contributed by atoms with Crippen molar-refractivity contribution in [3.05, 3.63) is 70.9 Å². The average Bonchev–Trinajstić information content (AvgIpc) is 3.56. The fraction of sp³-hybridized carbons (Fsp3) is 0.682. The Labute approximate surface area is 292 Å². The molecule has 3 heterocycles. The molecule has 7 fully saturated rings. The highest BCUT2D eigenvalue weighted by atomic mass is 16.5. The minimum Gasteiger partial charge on any atom is -0.396 e. The third-order valence-corrected chi connectivity index (χ3v) is 17.2. The van der Waals surface area contributed by atoms with Crippen LogP contribution in [0.1, 0.15) is 131 Å². The largest absolute Gasteiger partial charge is 0.396 e. The number of ether oxygens (including phenoxy) is 1. The number of dihydropyridines is 1. The van der Waals surface area contributed by atoms with E-state index in [9.17, 15) is 5.11 Å². The Hall–Kier alpha value is -2.18. The highest BCUT2D eigenvalue weighted by molar-refractivity contribution is 5.93. The summed E-state index contributed by atoms with van der Waals surface area (Å²) in [5.74, 6) is 3.66. The zero-order chi connectivity index (χ0) is 32.9. The van der Waals surface area contributed by atoms with Gasteiger partial charge in [0.2, 0.25) is 0 Å². The SMILES string of the molecule is CC1(C2CCCCC2)OC23CC4(N)C(CO)CCC(C41)C2c1ccc2cccc4c2c1C1C(CC2(CCCC2)CC13)C4C1=CNC(N)C=C1. The van der Waals surface area contributed by atoms with E-state index >= 15 is 0 Å². The molecule has 5 heteroatoms. The Balaban J connectivity index is 1.19. The number of hydrogen-bond acceptors (Lipinski definition) is 5. The van der Waals surface area contributed by atoms with Crippen molar-refractivity contribution in [2.75, 3.05) is 6.61 Å². The molecular weight excluding hydrogens is 603 g/mol. The summed E-state index contributed by atoms with van der Waals surface area (Å²) in [5.41, 5.74) is 20.1. The Morgan fingerprint density at radius 1 is 0.939 bits per heavy atom. The molecule has 3 aliphatic heterocycles. The first kappa shape index (κ1) is 30.4. The zero-order valence-corrected chi connectivity index (χ0v) is 29.5. The maximum absolute atomic E-state index is 11.0. The molecule has 4 bridgehead atoms. The van der Waals surface area contributed by atoms with E-state index in [4.69, 9.17) is 16.2 Å². The summed E-state index contributed by atoms with van der Waals surface area (Å²) in [5, 5.41) is 17.5. The lowest BCUT2D eigenvalue weighted by molar-refractivity contribution is -0.360. The van der Waals surface area contributed by atoms with Crippen molar-refractivity contribution in [3.63, 3.8) is 0 Å². The van der Waals surface area contributed by atoms with E-state index < -0.39 is 0 Å². The summed E-state index contributed by atoms with van der Waals surface area (Å²) >= 11 is 0. The van der Waals surface area contributed by atoms with Crippen LogP contribution in [-0.2, 0) is 4.74 Å². The number of nitrogens with two attached hydrogens (primary N) is 2. The zero-order valence-electron chi connectivity index (χ0n) is 29.5. The van der Waals surface area contributed by atoms with Crippen molar-refractivity contribution in [2.24, 2.45) is 52.4 Å². The van der Waals surface area contributed by atoms with Gasteiger partial charge in [-0.3, -0.25) is 0 Å². The van der Waals surface area contributed by atoms with Gasteiger partial charge in [-0.05, 0) is 139 Å². The molecule has 0 amide bonds. The molecule has 12 rings (SSSR count). The Morgan fingerprint density at radius 3 is 2.55 bits per heavy atom. The van der Waals surface area contributed by atoms with E-state index in [-0.39, 0.29) is 35.4 Å². The molecule has 2 spiro atoms. The number of nitrogens with one attached hydrogen (secondary N) is 1. The fourth-order valence-corrected chi connectivity index (χ4v) is 15.8. The second-order valence-electron chi connectivity index (χ2n) is 19.0. The van der Waals surface area contributed by atoms with Crippen molar-refractivity contribution in [1.82, 2.24) is 5.32 Å². The van der Waals surface area contributed by atoms with E-state index in [0.717, 1.165) is 12.8 Å². The van der Waals surface area contributed by atoms with Gasteiger partial charge in [-0.25, -0.2) is 0 Å². The standard InChI is InChI=1S/C44H57N3O2/c1-41(27-9-3-2-4-10-27)40-31-16-14-28(23-48)43(40,46)24-44(49-41)33-21-42(18-5-6-19-42)20-32-35(26-13-17-34(45)47-22-26)29-11-7-8-25-12-15-30(39(31)44)38(36(25)29)37(32)33/h7-8,11-13,15,17,22,27-28,31-35,37,39-40,47-48H,2-6,9-10,14,16,18-21,23-24,45-46H2,1H3. The van der Waals surface area contributed by atoms with Gasteiger partial charge < -0.3 is 26.6 Å². The maximum atomic E-state index is 11.0. The van der Waals surface area contributed by atoms with Gasteiger partial charge >= 0.3 is 0 Å². The number of benzene rings is 2. The molecule has 2 aromatic rings. The Kier molecular flexibility index (Phi) is 6.36. The van der Waals surface area contributed by atoms with Gasteiger partial charge in [-0.2, -0.15) is 0 Å². The molecule has 7 aliphatic carbocycles. The van der Waals surface area contributed by atoms with Crippen LogP contribution >= 0.6 is 0 Å². The Bertz CT molecular complexity index is 1770. The summed E-state index contributed by atoms with van der Waals surface area (Å²) in [6.45, 7) is 2.75. The van der Waals surface area contributed by atoms with Crippen LogP contribution in [0.5, 0.6) is 0 Å². The fourth-order valence-electron chi connectivity index (χ4n) is 15.8. The first-order chi connectivity index (χ1) is 23.8. The third kappa shape index (κ3) is 3.77. The molecule has 260 valence electrons. The van der Waals surface area contributed by atoms with Gasteiger partial charge in [0.25, 0.3) is 0 Å². The quantitative estimate of drug-likeness (QED) is 0.269. The normalized spacial score (nSPS) is 47.2. The van der Waals surface area contributed by atoms with Crippen molar-refractivity contribution in [2.45, 2.75) is 137 Å². The monoisotopic (exact) mass is 659 g/mol. The molecule has 0 radical (unpaired) electrons. The highest BCUT2D eigenvalue weighted by Gasteiger charge is 2.78. The van der Waals surface area contributed by atoms with Crippen LogP contribution in [-0.4, -0.2) is 34.6 Å². The van der Waals surface area contributed by atoms with Gasteiger partial charge in [0.1, 0.15) is 0 Å². The van der Waals surface area contributed by atoms with Crippen LogP contribution in [0.3, 0.4) is 0 Å². The minimum atomic E-state index is -0.378. The molecule has 2 saturated heterocycles. The molecule has 5 saturated carbocycles. The number of allylic oxidation sites excluding steroid dienone is 2. The molecule has 0 aromatic heterocycles. The number of rotatable bonds is 3. The maximum Gasteiger partial charge on any atom is 0.0934 e. The first-order valence-corrected chi connectivity index (χ1v) is 20.4. The second kappa shape index (κ2) is 10.2. The van der Waals surface area contributed by atoms with Crippen LogP contribution < -0.4 is 16.8 Å². The molecule has 5 nitrogen and oxygen atoms in total. The van der Waals surface area contributed by atoms with Crippen molar-refractivity contribution in [3.8, 4) is 0 Å². The van der Waals surface area contributed by atoms with Gasteiger partial charge in [-0.15, -0.1) is 0 Å². The summed E-state index contributed by atoms with van der Waals surface area (Å²) < 4.78 is 8.28. The molecule has 6 N–H and O–H groups in total. The minimum absolute atomic E-state index is 0.125. The van der Waals surface area contributed by atoms with Crippen LogP contribution in [0, 0.1) is 40.9 Å². The van der Waals surface area contributed by atoms with E-state index in [1.165, 1.54) is 88.0 Å².